The van der Waals surface area contributed by atoms with Gasteiger partial charge in [-0.1, -0.05) is 71.9 Å². The van der Waals surface area contributed by atoms with Gasteiger partial charge in [-0.3, -0.25) is 4.57 Å². The molecule has 5 rings (SSSR count). The summed E-state index contributed by atoms with van der Waals surface area (Å²) < 4.78 is 26.2. The number of aromatic nitrogens is 3. The van der Waals surface area contributed by atoms with Crippen LogP contribution in [0, 0.1) is 12.7 Å². The Bertz CT molecular complexity index is 1660. The van der Waals surface area contributed by atoms with Gasteiger partial charge in [-0.05, 0) is 54.4 Å². The summed E-state index contributed by atoms with van der Waals surface area (Å²) in [4.78, 5) is 13.4. The van der Waals surface area contributed by atoms with Gasteiger partial charge < -0.3 is 20.1 Å². The van der Waals surface area contributed by atoms with E-state index in [1.165, 1.54) is 31.0 Å². The maximum Gasteiger partial charge on any atom is 0.319 e. The highest BCUT2D eigenvalue weighted by atomic mass is 32.2. The van der Waals surface area contributed by atoms with Crippen LogP contribution in [0.3, 0.4) is 0 Å². The van der Waals surface area contributed by atoms with Gasteiger partial charge in [0.1, 0.15) is 17.3 Å². The number of aryl methyl sites for hydroxylation is 1. The standard InChI is InChI=1S/C33H32FN5O3S/c1-22-9-15-26(16-10-22)39-31(37-38-33(39)43-21-24-11-13-25(34)14-12-24)29(19-23-7-5-4-6-8-23)36-32(40)35-28-18-17-27(41-2)20-30(28)42-3/h4-18,20,29H,19,21H2,1-3H3,(H2,35,36,40). The quantitative estimate of drug-likeness (QED) is 0.158. The topological polar surface area (TPSA) is 90.3 Å². The monoisotopic (exact) mass is 597 g/mol. The smallest absolute Gasteiger partial charge is 0.319 e. The van der Waals surface area contributed by atoms with Crippen molar-refractivity contribution in [1.29, 1.82) is 0 Å². The predicted molar refractivity (Wildman–Crippen MR) is 167 cm³/mol. The van der Waals surface area contributed by atoms with Crippen LogP contribution in [-0.2, 0) is 12.2 Å². The molecule has 0 saturated carbocycles. The third-order valence-electron chi connectivity index (χ3n) is 6.79. The van der Waals surface area contributed by atoms with Crippen LogP contribution in [0.2, 0.25) is 0 Å². The number of amides is 2. The Balaban J connectivity index is 1.49. The van der Waals surface area contributed by atoms with Gasteiger partial charge in [0.15, 0.2) is 11.0 Å². The molecular formula is C33H32FN5O3S. The van der Waals surface area contributed by atoms with Gasteiger partial charge in [-0.25, -0.2) is 9.18 Å². The number of hydrogen-bond acceptors (Lipinski definition) is 6. The molecule has 2 N–H and O–H groups in total. The van der Waals surface area contributed by atoms with Gasteiger partial charge in [0, 0.05) is 23.9 Å². The van der Waals surface area contributed by atoms with E-state index in [0.29, 0.717) is 40.3 Å². The zero-order chi connectivity index (χ0) is 30.2. The summed E-state index contributed by atoms with van der Waals surface area (Å²) in [5.41, 5.74) is 4.46. The molecule has 0 spiro atoms. The number of nitrogens with one attached hydrogen (secondary N) is 2. The average Bonchev–Trinajstić information content (AvgIpc) is 3.45. The molecule has 0 aliphatic heterocycles. The lowest BCUT2D eigenvalue weighted by atomic mass is 10.1. The molecule has 1 unspecified atom stereocenters. The molecule has 43 heavy (non-hydrogen) atoms. The summed E-state index contributed by atoms with van der Waals surface area (Å²) in [7, 11) is 3.10. The summed E-state index contributed by atoms with van der Waals surface area (Å²) in [6.45, 7) is 2.03. The third-order valence-corrected chi connectivity index (χ3v) is 7.79. The van der Waals surface area contributed by atoms with Crippen LogP contribution in [0.15, 0.2) is 102 Å². The number of rotatable bonds is 11. The highest BCUT2D eigenvalue weighted by Crippen LogP contribution is 2.31. The first-order valence-corrected chi connectivity index (χ1v) is 14.6. The third kappa shape index (κ3) is 7.52. The van der Waals surface area contributed by atoms with Crippen molar-refractivity contribution in [3.05, 3.63) is 125 Å². The van der Waals surface area contributed by atoms with Crippen molar-refractivity contribution < 1.29 is 18.7 Å². The average molecular weight is 598 g/mol. The molecule has 5 aromatic rings. The molecule has 1 atom stereocenters. The fraction of sp³-hybridized carbons (Fsp3) is 0.182. The van der Waals surface area contributed by atoms with Crippen molar-refractivity contribution in [2.45, 2.75) is 30.3 Å². The molecular weight excluding hydrogens is 565 g/mol. The van der Waals surface area contributed by atoms with Crippen molar-refractivity contribution in [2.75, 3.05) is 19.5 Å². The second-order valence-corrected chi connectivity index (χ2v) is 10.8. The van der Waals surface area contributed by atoms with E-state index in [1.54, 1.807) is 37.4 Å². The van der Waals surface area contributed by atoms with Crippen molar-refractivity contribution in [3.63, 3.8) is 0 Å². The van der Waals surface area contributed by atoms with Gasteiger partial charge >= 0.3 is 6.03 Å². The number of urea groups is 1. The minimum Gasteiger partial charge on any atom is -0.497 e. The van der Waals surface area contributed by atoms with Gasteiger partial charge in [-0.2, -0.15) is 0 Å². The van der Waals surface area contributed by atoms with Crippen molar-refractivity contribution in [2.24, 2.45) is 0 Å². The fourth-order valence-electron chi connectivity index (χ4n) is 4.54. The van der Waals surface area contributed by atoms with Crippen LogP contribution >= 0.6 is 11.8 Å². The molecule has 1 heterocycles. The zero-order valence-electron chi connectivity index (χ0n) is 24.1. The summed E-state index contributed by atoms with van der Waals surface area (Å²) in [6, 6.07) is 28.6. The Morgan fingerprint density at radius 1 is 0.907 bits per heavy atom. The maximum atomic E-state index is 13.5. The lowest BCUT2D eigenvalue weighted by molar-refractivity contribution is 0.247. The van der Waals surface area contributed by atoms with Crippen molar-refractivity contribution in [3.8, 4) is 17.2 Å². The largest absolute Gasteiger partial charge is 0.497 e. The van der Waals surface area contributed by atoms with Gasteiger partial charge in [0.25, 0.3) is 0 Å². The van der Waals surface area contributed by atoms with Gasteiger partial charge in [0.05, 0.1) is 25.9 Å². The number of ether oxygens (including phenoxy) is 2. The highest BCUT2D eigenvalue weighted by Gasteiger charge is 2.25. The van der Waals surface area contributed by atoms with Gasteiger partial charge in [-0.15, -0.1) is 10.2 Å². The summed E-state index contributed by atoms with van der Waals surface area (Å²) >= 11 is 1.49. The first-order chi connectivity index (χ1) is 20.9. The van der Waals surface area contributed by atoms with E-state index in [0.717, 1.165) is 22.4 Å². The Morgan fingerprint density at radius 3 is 2.35 bits per heavy atom. The molecule has 2 amide bonds. The molecule has 0 aliphatic rings. The first-order valence-electron chi connectivity index (χ1n) is 13.7. The molecule has 1 aromatic heterocycles. The Labute approximate surface area is 254 Å². The Hall–Kier alpha value is -4.83. The van der Waals surface area contributed by atoms with E-state index in [9.17, 15) is 9.18 Å². The number of halogens is 1. The van der Waals surface area contributed by atoms with Crippen LogP contribution in [0.5, 0.6) is 11.5 Å². The number of hydrogen-bond donors (Lipinski definition) is 2. The highest BCUT2D eigenvalue weighted by molar-refractivity contribution is 7.98. The predicted octanol–water partition coefficient (Wildman–Crippen LogP) is 7.13. The second kappa shape index (κ2) is 13.9. The number of nitrogens with zero attached hydrogens (tertiary/aromatic N) is 3. The molecule has 0 radical (unpaired) electrons. The van der Waals surface area contributed by atoms with Crippen LogP contribution in [0.4, 0.5) is 14.9 Å². The number of thioether (sulfide) groups is 1. The SMILES string of the molecule is COc1ccc(NC(=O)NC(Cc2ccccc2)c2nnc(SCc3ccc(F)cc3)n2-c2ccc(C)cc2)c(OC)c1. The fourth-order valence-corrected chi connectivity index (χ4v) is 5.46. The lowest BCUT2D eigenvalue weighted by Crippen LogP contribution is -2.35. The number of benzene rings is 4. The van der Waals surface area contributed by atoms with Crippen LogP contribution in [0.1, 0.15) is 28.6 Å². The normalized spacial score (nSPS) is 11.5. The van der Waals surface area contributed by atoms with Crippen molar-refractivity contribution in [1.82, 2.24) is 20.1 Å². The summed E-state index contributed by atoms with van der Waals surface area (Å²) in [5.74, 6) is 1.95. The first kappa shape index (κ1) is 29.7. The molecule has 0 bridgehead atoms. The van der Waals surface area contributed by atoms with Crippen LogP contribution in [-0.4, -0.2) is 35.0 Å². The lowest BCUT2D eigenvalue weighted by Gasteiger charge is -2.21. The molecule has 220 valence electrons. The van der Waals surface area contributed by atoms with Crippen LogP contribution < -0.4 is 20.1 Å². The second-order valence-electron chi connectivity index (χ2n) is 9.83. The van der Waals surface area contributed by atoms with E-state index in [-0.39, 0.29) is 5.82 Å². The van der Waals surface area contributed by atoms with Gasteiger partial charge in [0.2, 0.25) is 0 Å². The molecule has 8 nitrogen and oxygen atoms in total. The molecule has 10 heteroatoms. The molecule has 0 aliphatic carbocycles. The zero-order valence-corrected chi connectivity index (χ0v) is 24.9. The summed E-state index contributed by atoms with van der Waals surface area (Å²) in [6.07, 6.45) is 0.473. The maximum absolute atomic E-state index is 13.5. The summed E-state index contributed by atoms with van der Waals surface area (Å²) in [5, 5.41) is 15.8. The minimum absolute atomic E-state index is 0.278. The Morgan fingerprint density at radius 2 is 1.65 bits per heavy atom. The number of methoxy groups -OCH3 is 2. The van der Waals surface area contributed by atoms with E-state index in [2.05, 4.69) is 20.8 Å². The van der Waals surface area contributed by atoms with E-state index in [4.69, 9.17) is 9.47 Å². The molecule has 0 fully saturated rings. The molecule has 4 aromatic carbocycles. The number of carbonyl (C=O) groups is 1. The number of anilines is 1. The Kier molecular flexibility index (Phi) is 9.58. The minimum atomic E-state index is -0.541. The molecule has 0 saturated heterocycles. The number of carbonyl (C=O) groups excluding carboxylic acids is 1. The van der Waals surface area contributed by atoms with E-state index < -0.39 is 12.1 Å². The van der Waals surface area contributed by atoms with E-state index in [1.807, 2.05) is 66.1 Å². The van der Waals surface area contributed by atoms with E-state index >= 15 is 0 Å². The van der Waals surface area contributed by atoms with Crippen molar-refractivity contribution >= 4 is 23.5 Å². The van der Waals surface area contributed by atoms with Crippen LogP contribution in [0.25, 0.3) is 5.69 Å².